The maximum atomic E-state index is 8.64. The number of nitrogens with two attached hydrogens (primary N) is 1. The van der Waals surface area contributed by atoms with Gasteiger partial charge < -0.3 is 20.7 Å². The number of amidine groups is 1. The second-order valence-corrected chi connectivity index (χ2v) is 5.08. The molecule has 23 heavy (non-hydrogen) atoms. The van der Waals surface area contributed by atoms with Gasteiger partial charge in [-0.25, -0.2) is 4.98 Å². The molecular weight excluding hydrogens is 292 g/mol. The molecule has 3 rings (SSSR count). The largest absolute Gasteiger partial charge is 0.423 e. The highest BCUT2D eigenvalue weighted by molar-refractivity contribution is 5.97. The van der Waals surface area contributed by atoms with Gasteiger partial charge in [-0.15, -0.1) is 0 Å². The van der Waals surface area contributed by atoms with Gasteiger partial charge in [0.25, 0.3) is 6.01 Å². The first kappa shape index (κ1) is 14.6. The van der Waals surface area contributed by atoms with E-state index in [0.29, 0.717) is 17.3 Å². The molecule has 0 radical (unpaired) electrons. The van der Waals surface area contributed by atoms with Crippen molar-refractivity contribution in [2.75, 3.05) is 5.32 Å². The van der Waals surface area contributed by atoms with Crippen LogP contribution in [0.2, 0.25) is 0 Å². The van der Waals surface area contributed by atoms with Gasteiger partial charge in [0, 0.05) is 16.8 Å². The lowest BCUT2D eigenvalue weighted by atomic mass is 10.1. The van der Waals surface area contributed by atoms with Crippen LogP contribution in [0.3, 0.4) is 0 Å². The number of aryl methyl sites for hydroxylation is 1. The Labute approximate surface area is 133 Å². The highest BCUT2D eigenvalue weighted by atomic mass is 16.4. The number of benzene rings is 2. The Morgan fingerprint density at radius 1 is 1.13 bits per heavy atom. The van der Waals surface area contributed by atoms with Gasteiger partial charge in [-0.1, -0.05) is 35.0 Å². The normalized spacial score (nSPS) is 11.4. The van der Waals surface area contributed by atoms with E-state index in [1.54, 1.807) is 30.5 Å². The summed E-state index contributed by atoms with van der Waals surface area (Å²) in [5.74, 6) is 0.759. The summed E-state index contributed by atoms with van der Waals surface area (Å²) >= 11 is 0. The predicted molar refractivity (Wildman–Crippen MR) is 88.9 cm³/mol. The molecule has 4 N–H and O–H groups in total. The van der Waals surface area contributed by atoms with E-state index in [4.69, 9.17) is 15.4 Å². The molecule has 0 bridgehead atoms. The average molecular weight is 308 g/mol. The quantitative estimate of drug-likeness (QED) is 0.297. The Hall–Kier alpha value is -3.28. The van der Waals surface area contributed by atoms with E-state index in [1.165, 1.54) is 5.56 Å². The van der Waals surface area contributed by atoms with Crippen LogP contribution in [0.15, 0.2) is 64.3 Å². The summed E-state index contributed by atoms with van der Waals surface area (Å²) in [7, 11) is 0. The van der Waals surface area contributed by atoms with Crippen molar-refractivity contribution >= 4 is 17.5 Å². The van der Waals surface area contributed by atoms with E-state index < -0.39 is 0 Å². The van der Waals surface area contributed by atoms with E-state index in [2.05, 4.69) is 15.5 Å². The number of anilines is 2. The van der Waals surface area contributed by atoms with E-state index in [1.807, 2.05) is 31.2 Å². The summed E-state index contributed by atoms with van der Waals surface area (Å²) in [5.41, 5.74) is 9.11. The Balaban J connectivity index is 1.75. The molecule has 116 valence electrons. The first-order valence-electron chi connectivity index (χ1n) is 7.03. The minimum absolute atomic E-state index is 0.0642. The van der Waals surface area contributed by atoms with Gasteiger partial charge in [0.2, 0.25) is 0 Å². The van der Waals surface area contributed by atoms with Gasteiger partial charge in [0.15, 0.2) is 11.6 Å². The molecule has 0 spiro atoms. The fraction of sp³-hybridized carbons (Fsp3) is 0.0588. The minimum Gasteiger partial charge on any atom is -0.423 e. The van der Waals surface area contributed by atoms with E-state index in [9.17, 15) is 0 Å². The number of nitrogens with zero attached hydrogens (tertiary/aromatic N) is 2. The number of oxime groups is 1. The predicted octanol–water partition coefficient (Wildman–Crippen LogP) is 3.49. The number of hydrogen-bond donors (Lipinski definition) is 3. The fourth-order valence-corrected chi connectivity index (χ4v) is 2.09. The van der Waals surface area contributed by atoms with Crippen LogP contribution < -0.4 is 11.1 Å². The Morgan fingerprint density at radius 2 is 1.83 bits per heavy atom. The van der Waals surface area contributed by atoms with Crippen LogP contribution >= 0.6 is 0 Å². The van der Waals surface area contributed by atoms with E-state index in [0.717, 1.165) is 11.3 Å². The number of nitrogens with one attached hydrogen (secondary N) is 1. The third kappa shape index (κ3) is 3.32. The summed E-state index contributed by atoms with van der Waals surface area (Å²) in [6.07, 6.45) is 1.68. The van der Waals surface area contributed by atoms with Crippen LogP contribution in [0.5, 0.6) is 0 Å². The standard InChI is InChI=1S/C17H16N4O2/c1-11-2-4-12(5-3-11)15-10-19-17(23-15)20-14-8-6-13(7-9-14)16(18)21-22/h2-10,22H,1H3,(H2,18,21)(H,19,20). The van der Waals surface area contributed by atoms with Crippen molar-refractivity contribution in [1.82, 2.24) is 4.98 Å². The van der Waals surface area contributed by atoms with Gasteiger partial charge in [-0.3, -0.25) is 0 Å². The molecule has 0 atom stereocenters. The fourth-order valence-electron chi connectivity index (χ4n) is 2.09. The summed E-state index contributed by atoms with van der Waals surface area (Å²) < 4.78 is 5.70. The second-order valence-electron chi connectivity index (χ2n) is 5.08. The van der Waals surface area contributed by atoms with Gasteiger partial charge in [0.05, 0.1) is 6.20 Å². The lowest BCUT2D eigenvalue weighted by Gasteiger charge is -2.03. The summed E-state index contributed by atoms with van der Waals surface area (Å²) in [5, 5.41) is 14.7. The van der Waals surface area contributed by atoms with Crippen LogP contribution in [-0.4, -0.2) is 16.0 Å². The van der Waals surface area contributed by atoms with Crippen molar-refractivity contribution in [2.45, 2.75) is 6.92 Å². The number of aromatic nitrogens is 1. The zero-order chi connectivity index (χ0) is 16.2. The molecule has 6 nitrogen and oxygen atoms in total. The highest BCUT2D eigenvalue weighted by Crippen LogP contribution is 2.24. The van der Waals surface area contributed by atoms with Crippen molar-refractivity contribution in [3.8, 4) is 11.3 Å². The zero-order valence-electron chi connectivity index (χ0n) is 12.5. The maximum absolute atomic E-state index is 8.64. The Morgan fingerprint density at radius 3 is 2.48 bits per heavy atom. The van der Waals surface area contributed by atoms with Crippen molar-refractivity contribution in [2.24, 2.45) is 10.9 Å². The molecule has 0 amide bonds. The van der Waals surface area contributed by atoms with E-state index in [-0.39, 0.29) is 5.84 Å². The number of rotatable bonds is 4. The van der Waals surface area contributed by atoms with Crippen molar-refractivity contribution in [3.05, 3.63) is 65.9 Å². The van der Waals surface area contributed by atoms with Crippen LogP contribution in [0, 0.1) is 6.92 Å². The molecule has 0 aliphatic carbocycles. The smallest absolute Gasteiger partial charge is 0.299 e. The SMILES string of the molecule is Cc1ccc(-c2cnc(Nc3ccc(C(N)=NO)cc3)o2)cc1. The van der Waals surface area contributed by atoms with Crippen LogP contribution in [0.25, 0.3) is 11.3 Å². The third-order valence-corrected chi connectivity index (χ3v) is 3.38. The monoisotopic (exact) mass is 308 g/mol. The molecule has 6 heteroatoms. The van der Waals surface area contributed by atoms with Gasteiger partial charge in [0.1, 0.15) is 0 Å². The lowest BCUT2D eigenvalue weighted by molar-refractivity contribution is 0.318. The van der Waals surface area contributed by atoms with Gasteiger partial charge in [-0.05, 0) is 31.2 Å². The van der Waals surface area contributed by atoms with Crippen molar-refractivity contribution in [1.29, 1.82) is 0 Å². The summed E-state index contributed by atoms with van der Waals surface area (Å²) in [6.45, 7) is 2.04. The molecule has 0 saturated heterocycles. The molecule has 0 saturated carbocycles. The van der Waals surface area contributed by atoms with Gasteiger partial charge in [-0.2, -0.15) is 0 Å². The molecule has 0 fully saturated rings. The van der Waals surface area contributed by atoms with Crippen LogP contribution in [0.4, 0.5) is 11.7 Å². The summed E-state index contributed by atoms with van der Waals surface area (Å²) in [4.78, 5) is 4.22. The molecule has 0 unspecified atom stereocenters. The maximum Gasteiger partial charge on any atom is 0.299 e. The highest BCUT2D eigenvalue weighted by Gasteiger charge is 2.07. The molecule has 2 aromatic carbocycles. The minimum atomic E-state index is 0.0642. The van der Waals surface area contributed by atoms with Crippen LogP contribution in [-0.2, 0) is 0 Å². The second kappa shape index (κ2) is 6.23. The molecule has 1 aromatic heterocycles. The zero-order valence-corrected chi connectivity index (χ0v) is 12.5. The summed E-state index contributed by atoms with van der Waals surface area (Å²) in [6, 6.07) is 15.5. The number of hydrogen-bond acceptors (Lipinski definition) is 5. The lowest BCUT2D eigenvalue weighted by Crippen LogP contribution is -2.12. The van der Waals surface area contributed by atoms with Crippen molar-refractivity contribution in [3.63, 3.8) is 0 Å². The molecule has 1 heterocycles. The Bertz CT molecular complexity index is 821. The number of oxazole rings is 1. The van der Waals surface area contributed by atoms with Gasteiger partial charge >= 0.3 is 0 Å². The van der Waals surface area contributed by atoms with E-state index >= 15 is 0 Å². The first-order valence-corrected chi connectivity index (χ1v) is 7.03. The first-order chi connectivity index (χ1) is 11.2. The molecule has 0 aliphatic heterocycles. The Kier molecular flexibility index (Phi) is 3.97. The molecule has 0 aliphatic rings. The third-order valence-electron chi connectivity index (χ3n) is 3.38. The average Bonchev–Trinajstić information content (AvgIpc) is 3.04. The molecule has 3 aromatic rings. The van der Waals surface area contributed by atoms with Crippen molar-refractivity contribution < 1.29 is 9.62 Å². The molecular formula is C17H16N4O2. The topological polar surface area (TPSA) is 96.7 Å². The van der Waals surface area contributed by atoms with Crippen LogP contribution in [0.1, 0.15) is 11.1 Å².